The quantitative estimate of drug-likeness (QED) is 0.860. The van der Waals surface area contributed by atoms with Crippen LogP contribution in [0, 0.1) is 13.8 Å². The van der Waals surface area contributed by atoms with E-state index < -0.39 is 0 Å². The molecule has 24 heavy (non-hydrogen) atoms. The first-order valence-electron chi connectivity index (χ1n) is 8.35. The fourth-order valence-electron chi connectivity index (χ4n) is 2.94. The summed E-state index contributed by atoms with van der Waals surface area (Å²) in [6.07, 6.45) is 4.42. The van der Waals surface area contributed by atoms with Gasteiger partial charge in [-0.2, -0.15) is 0 Å². The van der Waals surface area contributed by atoms with Gasteiger partial charge in [0.25, 0.3) is 0 Å². The van der Waals surface area contributed by atoms with Gasteiger partial charge in [-0.15, -0.1) is 0 Å². The summed E-state index contributed by atoms with van der Waals surface area (Å²) in [6.45, 7) is 6.90. The van der Waals surface area contributed by atoms with Crippen LogP contribution in [0.1, 0.15) is 40.8 Å². The number of aryl methyl sites for hydroxylation is 1. The van der Waals surface area contributed by atoms with Crippen LogP contribution in [0.2, 0.25) is 0 Å². The lowest BCUT2D eigenvalue weighted by Gasteiger charge is -2.14. The van der Waals surface area contributed by atoms with Gasteiger partial charge in [-0.05, 0) is 66.8 Å². The molecule has 1 aliphatic rings. The van der Waals surface area contributed by atoms with Gasteiger partial charge >= 0.3 is 0 Å². The molecule has 3 nitrogen and oxygen atoms in total. The number of fused-ring (bicyclic) bond motifs is 1. The highest BCUT2D eigenvalue weighted by Gasteiger charge is 2.15. The molecule has 1 amide bonds. The molecule has 0 bridgehead atoms. The Morgan fingerprint density at radius 2 is 2.08 bits per heavy atom. The van der Waals surface area contributed by atoms with Crippen LogP contribution < -0.4 is 10.1 Å². The van der Waals surface area contributed by atoms with Crippen LogP contribution in [0.15, 0.2) is 42.5 Å². The molecule has 3 rings (SSSR count). The number of benzene rings is 2. The van der Waals surface area contributed by atoms with Crippen LogP contribution in [0.5, 0.6) is 5.75 Å². The van der Waals surface area contributed by atoms with E-state index >= 15 is 0 Å². The Morgan fingerprint density at radius 1 is 1.25 bits per heavy atom. The molecular formula is C21H23NO2. The van der Waals surface area contributed by atoms with Crippen molar-refractivity contribution >= 4 is 12.0 Å². The standard InChI is InChI=1S/C21H23NO2/c1-14-5-4-6-17(15(14)2)8-10-21(23)22-16(3)18-7-9-20-19(13-18)11-12-24-20/h4-10,13,16H,11-12H2,1-3H3,(H,22,23)/b10-8+. The van der Waals surface area contributed by atoms with E-state index in [1.54, 1.807) is 6.08 Å². The first-order valence-corrected chi connectivity index (χ1v) is 8.35. The molecule has 0 aromatic heterocycles. The Balaban J connectivity index is 1.66. The molecule has 124 valence electrons. The fraction of sp³-hybridized carbons (Fsp3) is 0.286. The van der Waals surface area contributed by atoms with Crippen molar-refractivity contribution in [3.05, 3.63) is 70.3 Å². The topological polar surface area (TPSA) is 38.3 Å². The van der Waals surface area contributed by atoms with Crippen molar-refractivity contribution in [1.82, 2.24) is 5.32 Å². The number of hydrogen-bond acceptors (Lipinski definition) is 2. The summed E-state index contributed by atoms with van der Waals surface area (Å²) >= 11 is 0. The van der Waals surface area contributed by atoms with Crippen molar-refractivity contribution in [1.29, 1.82) is 0 Å². The number of hydrogen-bond donors (Lipinski definition) is 1. The highest BCUT2D eigenvalue weighted by Crippen LogP contribution is 2.28. The van der Waals surface area contributed by atoms with E-state index in [0.717, 1.165) is 29.9 Å². The molecule has 0 saturated carbocycles. The Morgan fingerprint density at radius 3 is 2.92 bits per heavy atom. The van der Waals surface area contributed by atoms with Crippen LogP contribution in [-0.4, -0.2) is 12.5 Å². The summed E-state index contributed by atoms with van der Waals surface area (Å²) in [5, 5.41) is 3.03. The van der Waals surface area contributed by atoms with E-state index in [1.807, 2.05) is 37.3 Å². The zero-order valence-electron chi connectivity index (χ0n) is 14.4. The van der Waals surface area contributed by atoms with E-state index in [-0.39, 0.29) is 11.9 Å². The van der Waals surface area contributed by atoms with Crippen molar-refractivity contribution in [2.45, 2.75) is 33.2 Å². The second-order valence-corrected chi connectivity index (χ2v) is 6.32. The Hall–Kier alpha value is -2.55. The molecule has 0 fully saturated rings. The van der Waals surface area contributed by atoms with Gasteiger partial charge in [-0.3, -0.25) is 4.79 Å². The third-order valence-corrected chi connectivity index (χ3v) is 4.63. The molecule has 0 saturated heterocycles. The van der Waals surface area contributed by atoms with E-state index in [4.69, 9.17) is 4.74 Å². The van der Waals surface area contributed by atoms with Crippen molar-refractivity contribution < 1.29 is 9.53 Å². The largest absolute Gasteiger partial charge is 0.493 e. The number of nitrogens with one attached hydrogen (secondary N) is 1. The predicted molar refractivity (Wildman–Crippen MR) is 97.1 cm³/mol. The van der Waals surface area contributed by atoms with Crippen LogP contribution in [-0.2, 0) is 11.2 Å². The minimum Gasteiger partial charge on any atom is -0.493 e. The molecule has 1 aliphatic heterocycles. The molecule has 1 unspecified atom stereocenters. The number of carbonyl (C=O) groups excluding carboxylic acids is 1. The molecule has 0 radical (unpaired) electrons. The Kier molecular flexibility index (Phi) is 4.70. The number of carbonyl (C=O) groups is 1. The van der Waals surface area contributed by atoms with E-state index in [9.17, 15) is 4.79 Å². The van der Waals surface area contributed by atoms with E-state index in [2.05, 4.69) is 31.3 Å². The summed E-state index contributed by atoms with van der Waals surface area (Å²) in [7, 11) is 0. The van der Waals surface area contributed by atoms with Gasteiger partial charge in [0.1, 0.15) is 5.75 Å². The lowest BCUT2D eigenvalue weighted by molar-refractivity contribution is -0.117. The average Bonchev–Trinajstić information content (AvgIpc) is 3.03. The van der Waals surface area contributed by atoms with E-state index in [0.29, 0.717) is 0 Å². The lowest BCUT2D eigenvalue weighted by Crippen LogP contribution is -2.24. The predicted octanol–water partition coefficient (Wildman–Crippen LogP) is 4.13. The van der Waals surface area contributed by atoms with Gasteiger partial charge in [-0.1, -0.05) is 24.3 Å². The molecule has 1 atom stereocenters. The monoisotopic (exact) mass is 321 g/mol. The molecular weight excluding hydrogens is 298 g/mol. The summed E-state index contributed by atoms with van der Waals surface area (Å²) in [4.78, 5) is 12.2. The minimum atomic E-state index is -0.0832. The molecule has 0 spiro atoms. The second kappa shape index (κ2) is 6.91. The first-order chi connectivity index (χ1) is 11.5. The highest BCUT2D eigenvalue weighted by atomic mass is 16.5. The maximum Gasteiger partial charge on any atom is 0.244 e. The van der Waals surface area contributed by atoms with Crippen molar-refractivity contribution in [2.24, 2.45) is 0 Å². The third-order valence-electron chi connectivity index (χ3n) is 4.63. The van der Waals surface area contributed by atoms with Gasteiger partial charge in [-0.25, -0.2) is 0 Å². The lowest BCUT2D eigenvalue weighted by atomic mass is 10.0. The molecule has 1 N–H and O–H groups in total. The molecule has 3 heteroatoms. The van der Waals surface area contributed by atoms with Gasteiger partial charge in [0.2, 0.25) is 5.91 Å². The van der Waals surface area contributed by atoms with Crippen LogP contribution in [0.3, 0.4) is 0 Å². The number of rotatable bonds is 4. The van der Waals surface area contributed by atoms with Crippen LogP contribution in [0.4, 0.5) is 0 Å². The highest BCUT2D eigenvalue weighted by molar-refractivity contribution is 5.92. The maximum absolute atomic E-state index is 12.2. The van der Waals surface area contributed by atoms with Gasteiger partial charge in [0.05, 0.1) is 12.6 Å². The zero-order valence-corrected chi connectivity index (χ0v) is 14.4. The second-order valence-electron chi connectivity index (χ2n) is 6.32. The molecule has 2 aromatic rings. The van der Waals surface area contributed by atoms with E-state index in [1.165, 1.54) is 16.7 Å². The average molecular weight is 321 g/mol. The van der Waals surface area contributed by atoms with Gasteiger partial charge in [0, 0.05) is 12.5 Å². The SMILES string of the molecule is Cc1cccc(/C=C/C(=O)NC(C)c2ccc3c(c2)CCO3)c1C. The third kappa shape index (κ3) is 3.51. The summed E-state index contributed by atoms with van der Waals surface area (Å²) in [6, 6.07) is 12.2. The summed E-state index contributed by atoms with van der Waals surface area (Å²) in [5.74, 6) is 0.882. The Bertz CT molecular complexity index is 792. The minimum absolute atomic E-state index is 0.0355. The smallest absolute Gasteiger partial charge is 0.244 e. The van der Waals surface area contributed by atoms with Gasteiger partial charge < -0.3 is 10.1 Å². The summed E-state index contributed by atoms with van der Waals surface area (Å²) in [5.41, 5.74) is 5.83. The fourth-order valence-corrected chi connectivity index (χ4v) is 2.94. The molecule has 0 aliphatic carbocycles. The van der Waals surface area contributed by atoms with Crippen molar-refractivity contribution in [2.75, 3.05) is 6.61 Å². The number of amides is 1. The Labute approximate surface area is 143 Å². The van der Waals surface area contributed by atoms with Gasteiger partial charge in [0.15, 0.2) is 0 Å². The molecule has 2 aromatic carbocycles. The number of ether oxygens (including phenoxy) is 1. The molecule has 1 heterocycles. The first kappa shape index (κ1) is 16.3. The van der Waals surface area contributed by atoms with Crippen LogP contribution >= 0.6 is 0 Å². The zero-order chi connectivity index (χ0) is 17.1. The summed E-state index contributed by atoms with van der Waals surface area (Å²) < 4.78 is 5.52. The normalized spacial score (nSPS) is 14.3. The maximum atomic E-state index is 12.2. The van der Waals surface area contributed by atoms with Crippen molar-refractivity contribution in [3.8, 4) is 5.75 Å². The van der Waals surface area contributed by atoms with Crippen molar-refractivity contribution in [3.63, 3.8) is 0 Å². The van der Waals surface area contributed by atoms with Crippen LogP contribution in [0.25, 0.3) is 6.08 Å².